The Morgan fingerprint density at radius 2 is 2.24 bits per heavy atom. The predicted molar refractivity (Wildman–Crippen MR) is 64.7 cm³/mol. The van der Waals surface area contributed by atoms with Crippen LogP contribution in [0.5, 0.6) is 0 Å². The Bertz CT molecular complexity index is 285. The Morgan fingerprint density at radius 1 is 1.53 bits per heavy atom. The molecule has 2 unspecified atom stereocenters. The van der Waals surface area contributed by atoms with Crippen molar-refractivity contribution >= 4 is 11.9 Å². The van der Waals surface area contributed by atoms with Gasteiger partial charge in [0.1, 0.15) is 0 Å². The average molecular weight is 242 g/mol. The molecule has 17 heavy (non-hydrogen) atoms. The van der Waals surface area contributed by atoms with E-state index >= 15 is 0 Å². The maximum absolute atomic E-state index is 12.0. The van der Waals surface area contributed by atoms with E-state index < -0.39 is 5.97 Å². The van der Waals surface area contributed by atoms with Gasteiger partial charge in [-0.1, -0.05) is 0 Å². The Balaban J connectivity index is 2.28. The smallest absolute Gasteiger partial charge is 0.303 e. The third-order valence-electron chi connectivity index (χ3n) is 3.32. The number of carboxylic acid groups (broad SMARTS) is 1. The molecule has 0 aromatic heterocycles. The molecule has 0 bridgehead atoms. The van der Waals surface area contributed by atoms with E-state index in [0.717, 1.165) is 19.5 Å². The van der Waals surface area contributed by atoms with Gasteiger partial charge in [0.2, 0.25) is 5.91 Å². The molecular formula is C12H22N2O3. The summed E-state index contributed by atoms with van der Waals surface area (Å²) in [6, 6.07) is 0.0410. The normalized spacial score (nSPS) is 25.5. The predicted octanol–water partition coefficient (Wildman–Crippen LogP) is 0.746. The minimum atomic E-state index is -0.782. The number of nitrogens with one attached hydrogen (secondary N) is 2. The van der Waals surface area contributed by atoms with Crippen molar-refractivity contribution in [2.24, 2.45) is 5.41 Å². The molecule has 0 radical (unpaired) electrons. The van der Waals surface area contributed by atoms with Crippen molar-refractivity contribution in [1.29, 1.82) is 0 Å². The quantitative estimate of drug-likeness (QED) is 0.642. The lowest BCUT2D eigenvalue weighted by Crippen LogP contribution is -2.44. The summed E-state index contributed by atoms with van der Waals surface area (Å²) < 4.78 is 0. The van der Waals surface area contributed by atoms with Crippen LogP contribution in [0.2, 0.25) is 0 Å². The SMILES string of the molecule is CC(CCCC(=O)O)NC(=O)C1(C)CCNC1. The van der Waals surface area contributed by atoms with Gasteiger partial charge in [-0.15, -0.1) is 0 Å². The number of carboxylic acids is 1. The van der Waals surface area contributed by atoms with Crippen LogP contribution in [0.25, 0.3) is 0 Å². The van der Waals surface area contributed by atoms with Gasteiger partial charge < -0.3 is 15.7 Å². The molecule has 98 valence electrons. The van der Waals surface area contributed by atoms with Gasteiger partial charge in [0.15, 0.2) is 0 Å². The summed E-state index contributed by atoms with van der Waals surface area (Å²) in [5.74, 6) is -0.708. The maximum atomic E-state index is 12.0. The van der Waals surface area contributed by atoms with Gasteiger partial charge in [0.05, 0.1) is 5.41 Å². The molecule has 5 heteroatoms. The fraction of sp³-hybridized carbons (Fsp3) is 0.833. The van der Waals surface area contributed by atoms with E-state index in [-0.39, 0.29) is 23.8 Å². The van der Waals surface area contributed by atoms with E-state index in [2.05, 4.69) is 10.6 Å². The minimum absolute atomic E-state index is 0.0410. The minimum Gasteiger partial charge on any atom is -0.481 e. The molecule has 2 atom stereocenters. The van der Waals surface area contributed by atoms with E-state index in [1.807, 2.05) is 13.8 Å². The second kappa shape index (κ2) is 6.00. The summed E-state index contributed by atoms with van der Waals surface area (Å²) in [7, 11) is 0. The number of hydrogen-bond acceptors (Lipinski definition) is 3. The Kier molecular flexibility index (Phi) is 4.93. The summed E-state index contributed by atoms with van der Waals surface area (Å²) in [6.45, 7) is 5.50. The summed E-state index contributed by atoms with van der Waals surface area (Å²) >= 11 is 0. The van der Waals surface area contributed by atoms with Crippen LogP contribution in [0.15, 0.2) is 0 Å². The Hall–Kier alpha value is -1.10. The molecule has 1 rings (SSSR count). The summed E-state index contributed by atoms with van der Waals surface area (Å²) in [4.78, 5) is 22.4. The average Bonchev–Trinajstić information content (AvgIpc) is 2.66. The highest BCUT2D eigenvalue weighted by atomic mass is 16.4. The molecule has 0 aromatic carbocycles. The molecule has 0 saturated carbocycles. The molecule has 3 N–H and O–H groups in total. The van der Waals surface area contributed by atoms with Crippen LogP contribution in [0.4, 0.5) is 0 Å². The third kappa shape index (κ3) is 4.34. The Morgan fingerprint density at radius 3 is 2.76 bits per heavy atom. The van der Waals surface area contributed by atoms with E-state index in [0.29, 0.717) is 12.8 Å². The first-order valence-corrected chi connectivity index (χ1v) is 6.17. The third-order valence-corrected chi connectivity index (χ3v) is 3.32. The van der Waals surface area contributed by atoms with Crippen LogP contribution in [0.1, 0.15) is 39.5 Å². The highest BCUT2D eigenvalue weighted by molar-refractivity contribution is 5.83. The van der Waals surface area contributed by atoms with Crippen LogP contribution < -0.4 is 10.6 Å². The molecule has 1 aliphatic heterocycles. The van der Waals surface area contributed by atoms with Gasteiger partial charge in [-0.05, 0) is 39.7 Å². The Labute approximate surface area is 102 Å². The van der Waals surface area contributed by atoms with Crippen LogP contribution in [-0.2, 0) is 9.59 Å². The van der Waals surface area contributed by atoms with Gasteiger partial charge in [-0.3, -0.25) is 9.59 Å². The monoisotopic (exact) mass is 242 g/mol. The van der Waals surface area contributed by atoms with Crippen molar-refractivity contribution in [2.45, 2.75) is 45.6 Å². The van der Waals surface area contributed by atoms with Crippen molar-refractivity contribution in [2.75, 3.05) is 13.1 Å². The first-order chi connectivity index (χ1) is 7.94. The molecule has 1 saturated heterocycles. The summed E-state index contributed by atoms with van der Waals surface area (Å²) in [5.41, 5.74) is -0.305. The van der Waals surface area contributed by atoms with Crippen molar-refractivity contribution in [3.05, 3.63) is 0 Å². The fourth-order valence-corrected chi connectivity index (χ4v) is 2.04. The largest absolute Gasteiger partial charge is 0.481 e. The maximum Gasteiger partial charge on any atom is 0.303 e. The van der Waals surface area contributed by atoms with Crippen LogP contribution >= 0.6 is 0 Å². The van der Waals surface area contributed by atoms with Crippen molar-refractivity contribution in [3.63, 3.8) is 0 Å². The molecule has 1 amide bonds. The van der Waals surface area contributed by atoms with Crippen LogP contribution in [0.3, 0.4) is 0 Å². The van der Waals surface area contributed by atoms with Gasteiger partial charge >= 0.3 is 5.97 Å². The number of amides is 1. The fourth-order valence-electron chi connectivity index (χ4n) is 2.04. The van der Waals surface area contributed by atoms with Gasteiger partial charge in [-0.2, -0.15) is 0 Å². The van der Waals surface area contributed by atoms with Crippen LogP contribution in [0, 0.1) is 5.41 Å². The van der Waals surface area contributed by atoms with Crippen LogP contribution in [-0.4, -0.2) is 36.1 Å². The molecule has 1 heterocycles. The van der Waals surface area contributed by atoms with E-state index in [9.17, 15) is 9.59 Å². The van der Waals surface area contributed by atoms with E-state index in [1.165, 1.54) is 0 Å². The zero-order valence-electron chi connectivity index (χ0n) is 10.6. The zero-order chi connectivity index (χ0) is 12.9. The number of carbonyl (C=O) groups is 2. The van der Waals surface area contributed by atoms with Gasteiger partial charge in [0.25, 0.3) is 0 Å². The lowest BCUT2D eigenvalue weighted by molar-refractivity contribution is -0.137. The zero-order valence-corrected chi connectivity index (χ0v) is 10.6. The van der Waals surface area contributed by atoms with E-state index in [1.54, 1.807) is 0 Å². The number of aliphatic carboxylic acids is 1. The molecule has 0 aliphatic carbocycles. The second-order valence-electron chi connectivity index (χ2n) is 5.15. The molecule has 5 nitrogen and oxygen atoms in total. The molecule has 0 aromatic rings. The standard InChI is InChI=1S/C12H22N2O3/c1-9(4-3-5-10(15)16)14-11(17)12(2)6-7-13-8-12/h9,13H,3-8H2,1-2H3,(H,14,17)(H,15,16). The first-order valence-electron chi connectivity index (χ1n) is 6.17. The highest BCUT2D eigenvalue weighted by Crippen LogP contribution is 2.24. The number of carbonyl (C=O) groups excluding carboxylic acids is 1. The van der Waals surface area contributed by atoms with E-state index in [4.69, 9.17) is 5.11 Å². The van der Waals surface area contributed by atoms with Crippen molar-refractivity contribution in [1.82, 2.24) is 10.6 Å². The lowest BCUT2D eigenvalue weighted by atomic mass is 9.88. The lowest BCUT2D eigenvalue weighted by Gasteiger charge is -2.24. The summed E-state index contributed by atoms with van der Waals surface area (Å²) in [6.07, 6.45) is 2.34. The second-order valence-corrected chi connectivity index (χ2v) is 5.15. The topological polar surface area (TPSA) is 78.4 Å². The first kappa shape index (κ1) is 14.0. The van der Waals surface area contributed by atoms with Gasteiger partial charge in [0, 0.05) is 19.0 Å². The number of rotatable bonds is 6. The van der Waals surface area contributed by atoms with Gasteiger partial charge in [-0.25, -0.2) is 0 Å². The van der Waals surface area contributed by atoms with Crippen molar-refractivity contribution < 1.29 is 14.7 Å². The summed E-state index contributed by atoms with van der Waals surface area (Å²) in [5, 5.41) is 14.7. The highest BCUT2D eigenvalue weighted by Gasteiger charge is 2.36. The number of hydrogen-bond donors (Lipinski definition) is 3. The molecule has 0 spiro atoms. The molecule has 1 fully saturated rings. The van der Waals surface area contributed by atoms with Crippen molar-refractivity contribution in [3.8, 4) is 0 Å². The molecule has 1 aliphatic rings. The molecular weight excluding hydrogens is 220 g/mol.